The van der Waals surface area contributed by atoms with E-state index >= 15 is 0 Å². The van der Waals surface area contributed by atoms with Crippen LogP contribution in [0.3, 0.4) is 0 Å². The van der Waals surface area contributed by atoms with Gasteiger partial charge in [-0.05, 0) is 29.6 Å². The highest BCUT2D eigenvalue weighted by Crippen LogP contribution is 2.28. The van der Waals surface area contributed by atoms with Gasteiger partial charge in [-0.1, -0.05) is 11.2 Å². The van der Waals surface area contributed by atoms with Gasteiger partial charge in [0.05, 0.1) is 25.6 Å². The summed E-state index contributed by atoms with van der Waals surface area (Å²) in [7, 11) is 3.14. The van der Waals surface area contributed by atoms with E-state index < -0.39 is 0 Å². The first-order valence-electron chi connectivity index (χ1n) is 9.28. The minimum atomic E-state index is -0.00912. The number of hydrogen-bond acceptors (Lipinski definition) is 8. The number of benzene rings is 1. The van der Waals surface area contributed by atoms with Crippen LogP contribution in [0.2, 0.25) is 0 Å². The fraction of sp³-hybridized carbons (Fsp3) is 0.350. The van der Waals surface area contributed by atoms with E-state index in [4.69, 9.17) is 14.0 Å². The molecule has 0 unspecified atom stereocenters. The summed E-state index contributed by atoms with van der Waals surface area (Å²) >= 11 is 1.57. The summed E-state index contributed by atoms with van der Waals surface area (Å²) in [5, 5.41) is 6.06. The van der Waals surface area contributed by atoms with E-state index in [9.17, 15) is 4.79 Å². The molecule has 0 N–H and O–H groups in total. The Morgan fingerprint density at radius 2 is 1.93 bits per heavy atom. The lowest BCUT2D eigenvalue weighted by Crippen LogP contribution is -2.48. The Labute approximate surface area is 172 Å². The molecule has 152 valence electrons. The Morgan fingerprint density at radius 3 is 2.62 bits per heavy atom. The number of methoxy groups -OCH3 is 2. The molecule has 1 amide bonds. The lowest BCUT2D eigenvalue weighted by molar-refractivity contribution is 0.0624. The van der Waals surface area contributed by atoms with Crippen LogP contribution in [-0.2, 0) is 6.54 Å². The third kappa shape index (κ3) is 4.25. The van der Waals surface area contributed by atoms with Gasteiger partial charge in [0.1, 0.15) is 0 Å². The van der Waals surface area contributed by atoms with Gasteiger partial charge in [-0.2, -0.15) is 4.98 Å². The van der Waals surface area contributed by atoms with Gasteiger partial charge in [0, 0.05) is 31.7 Å². The molecule has 9 heteroatoms. The number of hydrogen-bond donors (Lipinski definition) is 0. The van der Waals surface area contributed by atoms with E-state index in [0.29, 0.717) is 48.4 Å². The van der Waals surface area contributed by atoms with Gasteiger partial charge in [0.2, 0.25) is 0 Å². The molecular formula is C20H22N4O4S. The van der Waals surface area contributed by atoms with Crippen LogP contribution in [0.5, 0.6) is 11.5 Å². The van der Waals surface area contributed by atoms with Crippen LogP contribution in [0, 0.1) is 0 Å². The summed E-state index contributed by atoms with van der Waals surface area (Å²) in [5.74, 6) is 2.36. The van der Waals surface area contributed by atoms with E-state index in [1.165, 1.54) is 0 Å². The smallest absolute Gasteiger partial charge is 0.268 e. The first-order chi connectivity index (χ1) is 14.2. The SMILES string of the molecule is COc1ccc(C(=O)N2CCN(Cc3noc(-c4cccs4)n3)CC2)cc1OC. The van der Waals surface area contributed by atoms with Crippen molar-refractivity contribution in [1.29, 1.82) is 0 Å². The van der Waals surface area contributed by atoms with Crippen LogP contribution < -0.4 is 9.47 Å². The molecule has 0 spiro atoms. The minimum Gasteiger partial charge on any atom is -0.493 e. The predicted molar refractivity (Wildman–Crippen MR) is 108 cm³/mol. The number of nitrogens with zero attached hydrogens (tertiary/aromatic N) is 4. The van der Waals surface area contributed by atoms with Crippen LogP contribution in [0.4, 0.5) is 0 Å². The Morgan fingerprint density at radius 1 is 1.14 bits per heavy atom. The Bertz CT molecular complexity index is 965. The maximum absolute atomic E-state index is 12.8. The lowest BCUT2D eigenvalue weighted by Gasteiger charge is -2.34. The van der Waals surface area contributed by atoms with Gasteiger partial charge in [0.15, 0.2) is 17.3 Å². The highest BCUT2D eigenvalue weighted by Gasteiger charge is 2.24. The molecule has 1 saturated heterocycles. The van der Waals surface area contributed by atoms with Crippen molar-refractivity contribution in [1.82, 2.24) is 19.9 Å². The monoisotopic (exact) mass is 414 g/mol. The molecule has 2 aromatic heterocycles. The molecule has 0 radical (unpaired) electrons. The van der Waals surface area contributed by atoms with Crippen molar-refractivity contribution in [2.45, 2.75) is 6.54 Å². The molecule has 3 heterocycles. The molecule has 1 aliphatic heterocycles. The number of piperazine rings is 1. The van der Waals surface area contributed by atoms with Gasteiger partial charge in [-0.15, -0.1) is 11.3 Å². The standard InChI is InChI=1S/C20H22N4O4S/c1-26-15-6-5-14(12-16(15)27-2)20(25)24-9-7-23(8-10-24)13-18-21-19(28-22-18)17-4-3-11-29-17/h3-6,11-12H,7-10,13H2,1-2H3. The van der Waals surface area contributed by atoms with Crippen molar-refractivity contribution in [3.05, 3.63) is 47.1 Å². The van der Waals surface area contributed by atoms with Crippen molar-refractivity contribution >= 4 is 17.2 Å². The van der Waals surface area contributed by atoms with Crippen molar-refractivity contribution in [2.24, 2.45) is 0 Å². The van der Waals surface area contributed by atoms with Gasteiger partial charge >= 0.3 is 0 Å². The Hall–Kier alpha value is -2.91. The molecule has 1 aliphatic rings. The zero-order valence-electron chi connectivity index (χ0n) is 16.3. The molecule has 4 rings (SSSR count). The molecule has 3 aromatic rings. The first kappa shape index (κ1) is 19.4. The molecule has 1 aromatic carbocycles. The summed E-state index contributed by atoms with van der Waals surface area (Å²) < 4.78 is 15.9. The minimum absolute atomic E-state index is 0.00912. The highest BCUT2D eigenvalue weighted by molar-refractivity contribution is 7.13. The summed E-state index contributed by atoms with van der Waals surface area (Å²) in [6.45, 7) is 3.39. The van der Waals surface area contributed by atoms with Gasteiger partial charge in [0.25, 0.3) is 11.8 Å². The maximum Gasteiger partial charge on any atom is 0.268 e. The molecule has 0 saturated carbocycles. The number of amides is 1. The summed E-state index contributed by atoms with van der Waals surface area (Å²) in [5.41, 5.74) is 0.592. The second kappa shape index (κ2) is 8.62. The Balaban J connectivity index is 1.34. The van der Waals surface area contributed by atoms with Gasteiger partial charge < -0.3 is 18.9 Å². The fourth-order valence-corrected chi connectivity index (χ4v) is 3.92. The molecule has 0 aliphatic carbocycles. The number of carbonyl (C=O) groups excluding carboxylic acids is 1. The fourth-order valence-electron chi connectivity index (χ4n) is 3.28. The van der Waals surface area contributed by atoms with E-state index in [0.717, 1.165) is 18.0 Å². The van der Waals surface area contributed by atoms with Crippen molar-refractivity contribution in [3.8, 4) is 22.3 Å². The van der Waals surface area contributed by atoms with E-state index in [2.05, 4.69) is 15.0 Å². The third-order valence-electron chi connectivity index (χ3n) is 4.86. The highest BCUT2D eigenvalue weighted by atomic mass is 32.1. The van der Waals surface area contributed by atoms with E-state index in [1.54, 1.807) is 43.8 Å². The number of ether oxygens (including phenoxy) is 2. The zero-order valence-corrected chi connectivity index (χ0v) is 17.1. The number of rotatable bonds is 6. The summed E-state index contributed by atoms with van der Waals surface area (Å²) in [6, 6.07) is 9.16. The topological polar surface area (TPSA) is 80.9 Å². The van der Waals surface area contributed by atoms with Gasteiger partial charge in [-0.25, -0.2) is 0 Å². The average Bonchev–Trinajstić information content (AvgIpc) is 3.45. The van der Waals surface area contributed by atoms with Crippen LogP contribution in [0.15, 0.2) is 40.2 Å². The van der Waals surface area contributed by atoms with Crippen LogP contribution >= 0.6 is 11.3 Å². The van der Waals surface area contributed by atoms with Gasteiger partial charge in [-0.3, -0.25) is 9.69 Å². The maximum atomic E-state index is 12.8. The second-order valence-corrected chi connectivity index (χ2v) is 7.58. The van der Waals surface area contributed by atoms with Crippen LogP contribution in [0.25, 0.3) is 10.8 Å². The zero-order chi connectivity index (χ0) is 20.2. The molecule has 8 nitrogen and oxygen atoms in total. The molecule has 29 heavy (non-hydrogen) atoms. The second-order valence-electron chi connectivity index (χ2n) is 6.63. The van der Waals surface area contributed by atoms with E-state index in [-0.39, 0.29) is 5.91 Å². The number of aromatic nitrogens is 2. The summed E-state index contributed by atoms with van der Waals surface area (Å²) in [4.78, 5) is 22.4. The molecule has 0 atom stereocenters. The molecular weight excluding hydrogens is 392 g/mol. The van der Waals surface area contributed by atoms with Crippen LogP contribution in [-0.4, -0.2) is 66.2 Å². The Kier molecular flexibility index (Phi) is 5.77. The average molecular weight is 414 g/mol. The molecule has 1 fully saturated rings. The first-order valence-corrected chi connectivity index (χ1v) is 10.2. The van der Waals surface area contributed by atoms with Crippen molar-refractivity contribution in [3.63, 3.8) is 0 Å². The largest absolute Gasteiger partial charge is 0.493 e. The summed E-state index contributed by atoms with van der Waals surface area (Å²) in [6.07, 6.45) is 0. The normalized spacial score (nSPS) is 14.8. The van der Waals surface area contributed by atoms with E-state index in [1.807, 2.05) is 22.4 Å². The number of carbonyl (C=O) groups is 1. The number of thiophene rings is 1. The van der Waals surface area contributed by atoms with Crippen molar-refractivity contribution < 1.29 is 18.8 Å². The van der Waals surface area contributed by atoms with Crippen molar-refractivity contribution in [2.75, 3.05) is 40.4 Å². The lowest BCUT2D eigenvalue weighted by atomic mass is 10.1. The predicted octanol–water partition coefficient (Wildman–Crippen LogP) is 2.77. The quantitative estimate of drug-likeness (QED) is 0.613. The molecule has 0 bridgehead atoms. The van der Waals surface area contributed by atoms with Crippen LogP contribution in [0.1, 0.15) is 16.2 Å². The third-order valence-corrected chi connectivity index (χ3v) is 5.71.